The van der Waals surface area contributed by atoms with Gasteiger partial charge in [0.1, 0.15) is 18.8 Å². The SMILES string of the molecule is CC(=O)c1cc(OCc2cccc(C)c2)n(CC(=O)C[C@H]2CCCC[C@@H]2OCc2ccccc2)n1. The highest BCUT2D eigenvalue weighted by Gasteiger charge is 2.28. The van der Waals surface area contributed by atoms with E-state index in [1.807, 2.05) is 43.3 Å². The summed E-state index contributed by atoms with van der Waals surface area (Å²) in [6.45, 7) is 4.49. The Labute approximate surface area is 207 Å². The molecule has 1 aliphatic rings. The Kier molecular flexibility index (Phi) is 8.48. The largest absolute Gasteiger partial charge is 0.473 e. The zero-order valence-corrected chi connectivity index (χ0v) is 20.6. The standard InChI is InChI=1S/C29H34N2O4/c1-21-9-8-12-24(15-21)20-35-29-17-27(22(2)32)30-31(29)18-26(33)16-25-13-6-7-14-28(25)34-19-23-10-4-3-5-11-23/h3-5,8-12,15,17,25,28H,6-7,13-14,16,18-20H2,1-2H3/t25-,28+/m1/s1. The lowest BCUT2D eigenvalue weighted by Gasteiger charge is -2.31. The Bertz CT molecular complexity index is 1140. The van der Waals surface area contributed by atoms with Gasteiger partial charge in [0.05, 0.1) is 12.7 Å². The summed E-state index contributed by atoms with van der Waals surface area (Å²) in [5.41, 5.74) is 3.62. The topological polar surface area (TPSA) is 70.4 Å². The number of carbonyl (C=O) groups is 2. The van der Waals surface area contributed by atoms with Gasteiger partial charge in [-0.25, -0.2) is 4.68 Å². The molecule has 0 unspecified atom stereocenters. The molecule has 0 N–H and O–H groups in total. The fraction of sp³-hybridized carbons (Fsp3) is 0.414. The van der Waals surface area contributed by atoms with Crippen LogP contribution >= 0.6 is 0 Å². The summed E-state index contributed by atoms with van der Waals surface area (Å²) in [6, 6.07) is 19.8. The van der Waals surface area contributed by atoms with Gasteiger partial charge in [0.15, 0.2) is 11.6 Å². The van der Waals surface area contributed by atoms with Gasteiger partial charge in [-0.3, -0.25) is 9.59 Å². The van der Waals surface area contributed by atoms with Crippen molar-refractivity contribution in [2.75, 3.05) is 0 Å². The minimum absolute atomic E-state index is 0.0730. The first kappa shape index (κ1) is 24.9. The van der Waals surface area contributed by atoms with Gasteiger partial charge in [0.2, 0.25) is 5.88 Å². The van der Waals surface area contributed by atoms with E-state index in [1.54, 1.807) is 6.07 Å². The zero-order valence-electron chi connectivity index (χ0n) is 20.6. The normalized spacial score (nSPS) is 17.8. The van der Waals surface area contributed by atoms with E-state index in [9.17, 15) is 9.59 Å². The van der Waals surface area contributed by atoms with Gasteiger partial charge < -0.3 is 9.47 Å². The van der Waals surface area contributed by atoms with Crippen molar-refractivity contribution in [2.45, 2.75) is 71.8 Å². The summed E-state index contributed by atoms with van der Waals surface area (Å²) in [5, 5.41) is 4.36. The van der Waals surface area contributed by atoms with Crippen molar-refractivity contribution in [3.8, 4) is 5.88 Å². The van der Waals surface area contributed by atoms with Crippen molar-refractivity contribution in [3.05, 3.63) is 83.0 Å². The van der Waals surface area contributed by atoms with Crippen molar-refractivity contribution >= 4 is 11.6 Å². The Morgan fingerprint density at radius 1 is 0.971 bits per heavy atom. The zero-order chi connectivity index (χ0) is 24.6. The van der Waals surface area contributed by atoms with Crippen molar-refractivity contribution in [1.29, 1.82) is 0 Å². The second-order valence-electron chi connectivity index (χ2n) is 9.48. The number of aromatic nitrogens is 2. The summed E-state index contributed by atoms with van der Waals surface area (Å²) in [6.07, 6.45) is 4.72. The van der Waals surface area contributed by atoms with E-state index in [0.29, 0.717) is 31.2 Å². The number of carbonyl (C=O) groups excluding carboxylic acids is 2. The minimum atomic E-state index is -0.154. The van der Waals surface area contributed by atoms with Crippen LogP contribution in [0, 0.1) is 12.8 Å². The molecule has 1 fully saturated rings. The molecule has 0 bridgehead atoms. The third-order valence-electron chi connectivity index (χ3n) is 6.54. The number of ketones is 2. The maximum atomic E-state index is 13.1. The number of aryl methyl sites for hydroxylation is 1. The Morgan fingerprint density at radius 3 is 2.51 bits per heavy atom. The number of rotatable bonds is 11. The first-order valence-corrected chi connectivity index (χ1v) is 12.4. The monoisotopic (exact) mass is 474 g/mol. The molecular formula is C29H34N2O4. The molecule has 6 nitrogen and oxygen atoms in total. The summed E-state index contributed by atoms with van der Waals surface area (Å²) in [4.78, 5) is 25.0. The van der Waals surface area contributed by atoms with Crippen LogP contribution in [0.5, 0.6) is 5.88 Å². The second kappa shape index (κ2) is 11.9. The number of hydrogen-bond donors (Lipinski definition) is 0. The molecule has 2 atom stereocenters. The van der Waals surface area contributed by atoms with E-state index in [1.165, 1.54) is 11.6 Å². The molecule has 3 aromatic rings. The van der Waals surface area contributed by atoms with Crippen LogP contribution in [-0.2, 0) is 29.3 Å². The van der Waals surface area contributed by atoms with E-state index in [2.05, 4.69) is 23.3 Å². The second-order valence-corrected chi connectivity index (χ2v) is 9.48. The van der Waals surface area contributed by atoms with Crippen LogP contribution in [0.4, 0.5) is 0 Å². The Balaban J connectivity index is 1.38. The van der Waals surface area contributed by atoms with E-state index < -0.39 is 0 Å². The molecule has 1 aromatic heterocycles. The van der Waals surface area contributed by atoms with Gasteiger partial charge in [0, 0.05) is 19.4 Å². The van der Waals surface area contributed by atoms with E-state index in [0.717, 1.165) is 42.4 Å². The van der Waals surface area contributed by atoms with Gasteiger partial charge in [-0.1, -0.05) is 73.0 Å². The summed E-state index contributed by atoms with van der Waals surface area (Å²) in [7, 11) is 0. The lowest BCUT2D eigenvalue weighted by atomic mass is 9.83. The fourth-order valence-electron chi connectivity index (χ4n) is 4.69. The predicted molar refractivity (Wildman–Crippen MR) is 134 cm³/mol. The van der Waals surface area contributed by atoms with Crippen molar-refractivity contribution in [1.82, 2.24) is 9.78 Å². The summed E-state index contributed by atoms with van der Waals surface area (Å²) in [5.74, 6) is 0.548. The predicted octanol–water partition coefficient (Wildman–Crippen LogP) is 5.71. The number of Topliss-reactive ketones (excluding diaryl/α,β-unsaturated/α-hetero) is 2. The molecule has 0 spiro atoms. The summed E-state index contributed by atoms with van der Waals surface area (Å²) < 4.78 is 13.8. The highest BCUT2D eigenvalue weighted by atomic mass is 16.5. The van der Waals surface area contributed by atoms with Crippen LogP contribution in [0.2, 0.25) is 0 Å². The van der Waals surface area contributed by atoms with Gasteiger partial charge in [-0.2, -0.15) is 5.10 Å². The van der Waals surface area contributed by atoms with Gasteiger partial charge in [-0.05, 0) is 36.8 Å². The molecule has 184 valence electrons. The first-order chi connectivity index (χ1) is 17.0. The molecule has 2 aromatic carbocycles. The average Bonchev–Trinajstić information content (AvgIpc) is 3.25. The van der Waals surface area contributed by atoms with Crippen LogP contribution in [0.1, 0.15) is 66.2 Å². The van der Waals surface area contributed by atoms with Crippen LogP contribution in [0.3, 0.4) is 0 Å². The van der Waals surface area contributed by atoms with Gasteiger partial charge in [0.25, 0.3) is 0 Å². The first-order valence-electron chi connectivity index (χ1n) is 12.4. The van der Waals surface area contributed by atoms with E-state index >= 15 is 0 Å². The minimum Gasteiger partial charge on any atom is -0.473 e. The Hall–Kier alpha value is -3.25. The average molecular weight is 475 g/mol. The van der Waals surface area contributed by atoms with Gasteiger partial charge in [-0.15, -0.1) is 0 Å². The number of ether oxygens (including phenoxy) is 2. The summed E-state index contributed by atoms with van der Waals surface area (Å²) >= 11 is 0. The molecule has 4 rings (SSSR count). The molecule has 0 radical (unpaired) electrons. The van der Waals surface area contributed by atoms with Crippen molar-refractivity contribution in [2.24, 2.45) is 5.92 Å². The lowest BCUT2D eigenvalue weighted by molar-refractivity contribution is -0.123. The molecule has 0 amide bonds. The number of hydrogen-bond acceptors (Lipinski definition) is 5. The quantitative estimate of drug-likeness (QED) is 0.333. The molecular weight excluding hydrogens is 440 g/mol. The fourth-order valence-corrected chi connectivity index (χ4v) is 4.69. The molecule has 35 heavy (non-hydrogen) atoms. The number of benzene rings is 2. The number of nitrogens with zero attached hydrogens (tertiary/aromatic N) is 2. The van der Waals surface area contributed by atoms with Crippen molar-refractivity contribution in [3.63, 3.8) is 0 Å². The molecule has 0 aliphatic heterocycles. The highest BCUT2D eigenvalue weighted by molar-refractivity contribution is 5.92. The smallest absolute Gasteiger partial charge is 0.213 e. The molecule has 6 heteroatoms. The molecule has 0 saturated heterocycles. The van der Waals surface area contributed by atoms with Crippen molar-refractivity contribution < 1.29 is 19.1 Å². The van der Waals surface area contributed by atoms with Crippen LogP contribution < -0.4 is 4.74 Å². The van der Waals surface area contributed by atoms with E-state index in [-0.39, 0.29) is 30.1 Å². The molecule has 1 aliphatic carbocycles. The van der Waals surface area contributed by atoms with Gasteiger partial charge >= 0.3 is 0 Å². The maximum absolute atomic E-state index is 13.1. The van der Waals surface area contributed by atoms with E-state index in [4.69, 9.17) is 9.47 Å². The Morgan fingerprint density at radius 2 is 1.74 bits per heavy atom. The molecule has 1 saturated carbocycles. The lowest BCUT2D eigenvalue weighted by Crippen LogP contribution is -2.30. The maximum Gasteiger partial charge on any atom is 0.213 e. The van der Waals surface area contributed by atoms with Crippen LogP contribution in [-0.4, -0.2) is 27.5 Å². The highest BCUT2D eigenvalue weighted by Crippen LogP contribution is 2.30. The third kappa shape index (κ3) is 7.12. The van der Waals surface area contributed by atoms with Crippen LogP contribution in [0.25, 0.3) is 0 Å². The third-order valence-corrected chi connectivity index (χ3v) is 6.54. The molecule has 1 heterocycles. The van der Waals surface area contributed by atoms with Crippen LogP contribution in [0.15, 0.2) is 60.7 Å².